The topological polar surface area (TPSA) is 58.1 Å². The van der Waals surface area contributed by atoms with Gasteiger partial charge in [-0.05, 0) is 44.7 Å². The summed E-state index contributed by atoms with van der Waals surface area (Å²) < 4.78 is 11.5. The molecule has 2 saturated carbocycles. The summed E-state index contributed by atoms with van der Waals surface area (Å²) in [4.78, 5) is 6.90. The van der Waals surface area contributed by atoms with E-state index in [9.17, 15) is 0 Å². The number of anilines is 1. The van der Waals surface area contributed by atoms with Gasteiger partial charge >= 0.3 is 0 Å². The third kappa shape index (κ3) is 4.31. The molecule has 2 aliphatic carbocycles. The molecule has 0 bridgehead atoms. The first-order chi connectivity index (χ1) is 13.7. The number of benzene rings is 1. The molecule has 0 aromatic heterocycles. The summed E-state index contributed by atoms with van der Waals surface area (Å²) in [6, 6.07) is 9.12. The Bertz CT molecular complexity index is 710. The third-order valence-corrected chi connectivity index (χ3v) is 6.93. The van der Waals surface area contributed by atoms with Gasteiger partial charge in [-0.3, -0.25) is 4.99 Å². The van der Waals surface area contributed by atoms with Crippen LogP contribution in [0.1, 0.15) is 39.0 Å². The molecule has 6 nitrogen and oxygen atoms in total. The minimum atomic E-state index is 0. The van der Waals surface area contributed by atoms with E-state index < -0.39 is 0 Å². The molecule has 0 radical (unpaired) electrons. The molecule has 1 saturated heterocycles. The van der Waals surface area contributed by atoms with Gasteiger partial charge in [0.1, 0.15) is 5.75 Å². The van der Waals surface area contributed by atoms with E-state index in [2.05, 4.69) is 39.6 Å². The Labute approximate surface area is 191 Å². The Hall–Kier alpha value is -1.22. The van der Waals surface area contributed by atoms with Crippen LogP contribution in [0.5, 0.6) is 5.75 Å². The predicted octanol–water partition coefficient (Wildman–Crippen LogP) is 3.40. The molecule has 1 aromatic rings. The second kappa shape index (κ2) is 9.73. The van der Waals surface area contributed by atoms with Crippen LogP contribution in [0.2, 0.25) is 0 Å². The molecule has 0 amide bonds. The van der Waals surface area contributed by atoms with Crippen LogP contribution in [0.3, 0.4) is 0 Å². The molecular formula is C22H35IN4O2. The lowest BCUT2D eigenvalue weighted by Gasteiger charge is -2.61. The number of hydrogen-bond donors (Lipinski definition) is 2. The zero-order valence-electron chi connectivity index (χ0n) is 17.8. The summed E-state index contributed by atoms with van der Waals surface area (Å²) in [5.41, 5.74) is 1.51. The standard InChI is InChI=1S/C22H34N4O2.HI/c1-4-28-20-14-19(22(20)11-7-12-22)25-21(23-2)24-16-10-13-26(15-16)17-8-5-6-9-18(17)27-3;/h5-6,8-9,16,19-20H,4,7,10-15H2,1-3H3,(H2,23,24,25);1H. The normalized spacial score (nSPS) is 27.6. The Morgan fingerprint density at radius 3 is 2.72 bits per heavy atom. The molecule has 1 aromatic carbocycles. The molecule has 1 heterocycles. The number of aliphatic imine (C=N–C) groups is 1. The van der Waals surface area contributed by atoms with Crippen molar-refractivity contribution < 1.29 is 9.47 Å². The van der Waals surface area contributed by atoms with E-state index in [0.29, 0.717) is 23.6 Å². The molecule has 2 N–H and O–H groups in total. The first-order valence-electron chi connectivity index (χ1n) is 10.7. The maximum atomic E-state index is 5.98. The summed E-state index contributed by atoms with van der Waals surface area (Å²) in [5, 5.41) is 7.35. The van der Waals surface area contributed by atoms with Crippen molar-refractivity contribution in [3.63, 3.8) is 0 Å². The van der Waals surface area contributed by atoms with Gasteiger partial charge in [-0.25, -0.2) is 0 Å². The van der Waals surface area contributed by atoms with Crippen molar-refractivity contribution >= 4 is 35.6 Å². The Balaban J connectivity index is 0.00000240. The first-order valence-corrected chi connectivity index (χ1v) is 10.7. The third-order valence-electron chi connectivity index (χ3n) is 6.93. The van der Waals surface area contributed by atoms with Gasteiger partial charge in [-0.15, -0.1) is 24.0 Å². The molecule has 3 aliphatic rings. The van der Waals surface area contributed by atoms with Crippen molar-refractivity contribution in [2.75, 3.05) is 38.8 Å². The van der Waals surface area contributed by atoms with Gasteiger partial charge < -0.3 is 25.0 Å². The van der Waals surface area contributed by atoms with Gasteiger partial charge in [-0.1, -0.05) is 18.6 Å². The van der Waals surface area contributed by atoms with Gasteiger partial charge in [0, 0.05) is 44.2 Å². The number of nitrogens with one attached hydrogen (secondary N) is 2. The zero-order valence-corrected chi connectivity index (χ0v) is 20.1. The number of guanidine groups is 1. The fraction of sp³-hybridized carbons (Fsp3) is 0.682. The number of halogens is 1. The average molecular weight is 514 g/mol. The lowest BCUT2D eigenvalue weighted by atomic mass is 9.51. The average Bonchev–Trinajstić information content (AvgIpc) is 3.13. The van der Waals surface area contributed by atoms with Gasteiger partial charge in [0.15, 0.2) is 5.96 Å². The summed E-state index contributed by atoms with van der Waals surface area (Å²) in [7, 11) is 3.61. The predicted molar refractivity (Wildman–Crippen MR) is 129 cm³/mol. The van der Waals surface area contributed by atoms with E-state index >= 15 is 0 Å². The summed E-state index contributed by atoms with van der Waals surface area (Å²) in [6.07, 6.45) is 6.48. The lowest BCUT2D eigenvalue weighted by molar-refractivity contribution is -0.168. The first kappa shape index (κ1) is 22.5. The van der Waals surface area contributed by atoms with Crippen LogP contribution in [-0.4, -0.2) is 58.0 Å². The number of rotatable bonds is 6. The van der Waals surface area contributed by atoms with Crippen molar-refractivity contribution in [1.29, 1.82) is 0 Å². The fourth-order valence-corrected chi connectivity index (χ4v) is 5.16. The molecule has 3 atom stereocenters. The maximum absolute atomic E-state index is 5.98. The smallest absolute Gasteiger partial charge is 0.191 e. The molecule has 29 heavy (non-hydrogen) atoms. The highest BCUT2D eigenvalue weighted by Crippen LogP contribution is 2.57. The van der Waals surface area contributed by atoms with E-state index in [0.717, 1.165) is 44.2 Å². The van der Waals surface area contributed by atoms with Crippen molar-refractivity contribution in [3.05, 3.63) is 24.3 Å². The van der Waals surface area contributed by atoms with Crippen LogP contribution in [0.25, 0.3) is 0 Å². The second-order valence-electron chi connectivity index (χ2n) is 8.28. The van der Waals surface area contributed by atoms with Gasteiger partial charge in [0.25, 0.3) is 0 Å². The number of nitrogens with zero attached hydrogens (tertiary/aromatic N) is 2. The lowest BCUT2D eigenvalue weighted by Crippen LogP contribution is -2.69. The van der Waals surface area contributed by atoms with E-state index in [4.69, 9.17) is 9.47 Å². The van der Waals surface area contributed by atoms with Crippen molar-refractivity contribution in [3.8, 4) is 5.75 Å². The van der Waals surface area contributed by atoms with Crippen LogP contribution in [-0.2, 0) is 4.74 Å². The van der Waals surface area contributed by atoms with Crippen LogP contribution in [0.4, 0.5) is 5.69 Å². The van der Waals surface area contributed by atoms with Gasteiger partial charge in [0.2, 0.25) is 0 Å². The molecule has 7 heteroatoms. The summed E-state index contributed by atoms with van der Waals surface area (Å²) in [6.45, 7) is 4.89. The Morgan fingerprint density at radius 1 is 1.28 bits per heavy atom. The minimum Gasteiger partial charge on any atom is -0.495 e. The number of ether oxygens (including phenoxy) is 2. The molecule has 4 rings (SSSR count). The van der Waals surface area contributed by atoms with Crippen molar-refractivity contribution in [2.45, 2.75) is 57.2 Å². The highest BCUT2D eigenvalue weighted by molar-refractivity contribution is 14.0. The van der Waals surface area contributed by atoms with Gasteiger partial charge in [-0.2, -0.15) is 0 Å². The molecule has 1 aliphatic heterocycles. The SMILES string of the molecule is CCOC1CC(NC(=NC)NC2CCN(c3ccccc3OC)C2)C12CCC2.I. The van der Waals surface area contributed by atoms with Crippen molar-refractivity contribution in [2.24, 2.45) is 10.4 Å². The summed E-state index contributed by atoms with van der Waals surface area (Å²) in [5.74, 6) is 1.87. The number of methoxy groups -OCH3 is 1. The maximum Gasteiger partial charge on any atom is 0.191 e. The monoisotopic (exact) mass is 514 g/mol. The number of para-hydroxylation sites is 2. The van der Waals surface area contributed by atoms with E-state index in [-0.39, 0.29) is 24.0 Å². The zero-order chi connectivity index (χ0) is 19.6. The van der Waals surface area contributed by atoms with E-state index in [1.165, 1.54) is 24.9 Å². The van der Waals surface area contributed by atoms with E-state index in [1.807, 2.05) is 19.2 Å². The molecule has 3 unspecified atom stereocenters. The second-order valence-corrected chi connectivity index (χ2v) is 8.28. The van der Waals surface area contributed by atoms with Crippen LogP contribution in [0, 0.1) is 5.41 Å². The Kier molecular flexibility index (Phi) is 7.53. The van der Waals surface area contributed by atoms with Crippen LogP contribution >= 0.6 is 24.0 Å². The van der Waals surface area contributed by atoms with Crippen LogP contribution in [0.15, 0.2) is 29.3 Å². The van der Waals surface area contributed by atoms with Gasteiger partial charge in [0.05, 0.1) is 18.9 Å². The summed E-state index contributed by atoms with van der Waals surface area (Å²) >= 11 is 0. The van der Waals surface area contributed by atoms with Crippen LogP contribution < -0.4 is 20.3 Å². The molecular weight excluding hydrogens is 479 g/mol. The largest absolute Gasteiger partial charge is 0.495 e. The molecule has 3 fully saturated rings. The van der Waals surface area contributed by atoms with Crippen molar-refractivity contribution in [1.82, 2.24) is 10.6 Å². The molecule has 1 spiro atoms. The molecule has 162 valence electrons. The Morgan fingerprint density at radius 2 is 2.07 bits per heavy atom. The highest BCUT2D eigenvalue weighted by Gasteiger charge is 2.59. The highest BCUT2D eigenvalue weighted by atomic mass is 127. The fourth-order valence-electron chi connectivity index (χ4n) is 5.16. The number of hydrogen-bond acceptors (Lipinski definition) is 4. The quantitative estimate of drug-likeness (QED) is 0.346. The van der Waals surface area contributed by atoms with E-state index in [1.54, 1.807) is 7.11 Å². The minimum absolute atomic E-state index is 0.